The van der Waals surface area contributed by atoms with Crippen LogP contribution in [0.2, 0.25) is 0 Å². The summed E-state index contributed by atoms with van der Waals surface area (Å²) in [6.45, 7) is 5.71. The molecule has 24 heavy (non-hydrogen) atoms. The lowest BCUT2D eigenvalue weighted by Crippen LogP contribution is -2.19. The van der Waals surface area contributed by atoms with Gasteiger partial charge in [0, 0.05) is 0 Å². The Morgan fingerprint density at radius 2 is 1.46 bits per heavy atom. The van der Waals surface area contributed by atoms with Crippen LogP contribution in [0.25, 0.3) is 0 Å². The summed E-state index contributed by atoms with van der Waals surface area (Å²) in [5.41, 5.74) is 3.11. The van der Waals surface area contributed by atoms with E-state index in [-0.39, 0.29) is 12.4 Å². The van der Waals surface area contributed by atoms with Crippen LogP contribution in [0.15, 0.2) is 30.3 Å². The average molecular weight is 330 g/mol. The Bertz CT molecular complexity index is 691. The van der Waals surface area contributed by atoms with Crippen LogP contribution < -0.4 is 18.9 Å². The van der Waals surface area contributed by atoms with Gasteiger partial charge in [0.05, 0.1) is 14.2 Å². The molecule has 5 heteroatoms. The Morgan fingerprint density at radius 3 is 1.96 bits per heavy atom. The number of carbonyl (C=O) groups is 1. The van der Waals surface area contributed by atoms with E-state index in [1.165, 1.54) is 14.2 Å². The molecule has 0 saturated carbocycles. The van der Waals surface area contributed by atoms with Gasteiger partial charge in [-0.15, -0.1) is 0 Å². The number of rotatable bonds is 6. The molecule has 0 atom stereocenters. The van der Waals surface area contributed by atoms with Gasteiger partial charge in [0.25, 0.3) is 0 Å². The van der Waals surface area contributed by atoms with E-state index >= 15 is 0 Å². The SMILES string of the molecule is COc1cccc(OC)c1OC(=O)COc1c(C)cc(C)cc1C. The van der Waals surface area contributed by atoms with Crippen molar-refractivity contribution < 1.29 is 23.7 Å². The highest BCUT2D eigenvalue weighted by Gasteiger charge is 2.17. The third-order valence-electron chi connectivity index (χ3n) is 3.54. The molecule has 0 aliphatic heterocycles. The van der Waals surface area contributed by atoms with E-state index in [9.17, 15) is 4.79 Å². The second kappa shape index (κ2) is 7.73. The lowest BCUT2D eigenvalue weighted by atomic mass is 10.1. The van der Waals surface area contributed by atoms with Crippen molar-refractivity contribution >= 4 is 5.97 Å². The van der Waals surface area contributed by atoms with Crippen molar-refractivity contribution in [2.24, 2.45) is 0 Å². The number of carbonyl (C=O) groups excluding carboxylic acids is 1. The zero-order valence-electron chi connectivity index (χ0n) is 14.6. The number of esters is 1. The molecule has 0 radical (unpaired) electrons. The summed E-state index contributed by atoms with van der Waals surface area (Å²) >= 11 is 0. The van der Waals surface area contributed by atoms with Crippen LogP contribution in [0.3, 0.4) is 0 Å². The maximum atomic E-state index is 12.2. The van der Waals surface area contributed by atoms with E-state index < -0.39 is 5.97 Å². The minimum absolute atomic E-state index is 0.202. The van der Waals surface area contributed by atoms with E-state index in [4.69, 9.17) is 18.9 Å². The second-order valence-electron chi connectivity index (χ2n) is 5.48. The number of benzene rings is 2. The molecule has 0 fully saturated rings. The molecule has 0 aliphatic rings. The molecule has 2 rings (SSSR count). The fraction of sp³-hybridized carbons (Fsp3) is 0.316. The highest BCUT2D eigenvalue weighted by Crippen LogP contribution is 2.36. The molecular weight excluding hydrogens is 308 g/mol. The van der Waals surface area contributed by atoms with Crippen molar-refractivity contribution in [3.63, 3.8) is 0 Å². The molecule has 128 valence electrons. The average Bonchev–Trinajstić information content (AvgIpc) is 2.54. The van der Waals surface area contributed by atoms with Crippen LogP contribution in [-0.2, 0) is 4.79 Å². The van der Waals surface area contributed by atoms with E-state index in [0.717, 1.165) is 16.7 Å². The fourth-order valence-electron chi connectivity index (χ4n) is 2.59. The summed E-state index contributed by atoms with van der Waals surface area (Å²) in [6, 6.07) is 9.17. The maximum Gasteiger partial charge on any atom is 0.349 e. The zero-order chi connectivity index (χ0) is 17.7. The molecule has 0 heterocycles. The first-order valence-corrected chi connectivity index (χ1v) is 7.58. The fourth-order valence-corrected chi connectivity index (χ4v) is 2.59. The standard InChI is InChI=1S/C19H22O5/c1-12-9-13(2)18(14(3)10-12)23-11-17(20)24-19-15(21-4)7-6-8-16(19)22-5/h6-10H,11H2,1-5H3. The van der Waals surface area contributed by atoms with Crippen LogP contribution in [0.4, 0.5) is 0 Å². The first-order chi connectivity index (χ1) is 11.5. The Balaban J connectivity index is 2.10. The van der Waals surface area contributed by atoms with Gasteiger partial charge in [-0.3, -0.25) is 0 Å². The normalized spacial score (nSPS) is 10.2. The minimum atomic E-state index is -0.530. The lowest BCUT2D eigenvalue weighted by molar-refractivity contribution is -0.136. The largest absolute Gasteiger partial charge is 0.493 e. The third-order valence-corrected chi connectivity index (χ3v) is 3.54. The molecule has 0 spiro atoms. The first-order valence-electron chi connectivity index (χ1n) is 7.58. The Hall–Kier alpha value is -2.69. The van der Waals surface area contributed by atoms with Crippen molar-refractivity contribution in [3.8, 4) is 23.0 Å². The smallest absolute Gasteiger partial charge is 0.349 e. The summed E-state index contributed by atoms with van der Waals surface area (Å²) < 4.78 is 21.4. The van der Waals surface area contributed by atoms with Gasteiger partial charge in [-0.05, 0) is 44.0 Å². The van der Waals surface area contributed by atoms with Crippen LogP contribution in [0, 0.1) is 20.8 Å². The number of para-hydroxylation sites is 1. The van der Waals surface area contributed by atoms with Crippen molar-refractivity contribution in [1.29, 1.82) is 0 Å². The molecule has 2 aromatic carbocycles. The number of aryl methyl sites for hydroxylation is 3. The quantitative estimate of drug-likeness (QED) is 0.598. The summed E-state index contributed by atoms with van der Waals surface area (Å²) in [7, 11) is 3.00. The van der Waals surface area contributed by atoms with Crippen molar-refractivity contribution in [2.75, 3.05) is 20.8 Å². The highest BCUT2D eigenvalue weighted by molar-refractivity contribution is 5.76. The van der Waals surface area contributed by atoms with Gasteiger partial charge in [-0.25, -0.2) is 4.79 Å². The van der Waals surface area contributed by atoms with Gasteiger partial charge in [0.1, 0.15) is 5.75 Å². The molecule has 0 amide bonds. The third kappa shape index (κ3) is 3.98. The van der Waals surface area contributed by atoms with Gasteiger partial charge >= 0.3 is 5.97 Å². The van der Waals surface area contributed by atoms with Crippen LogP contribution >= 0.6 is 0 Å². The monoisotopic (exact) mass is 330 g/mol. The van der Waals surface area contributed by atoms with E-state index in [1.54, 1.807) is 18.2 Å². The molecule has 5 nitrogen and oxygen atoms in total. The minimum Gasteiger partial charge on any atom is -0.493 e. The van der Waals surface area contributed by atoms with Crippen LogP contribution in [0.5, 0.6) is 23.0 Å². The number of hydrogen-bond acceptors (Lipinski definition) is 5. The molecule has 0 aromatic heterocycles. The highest BCUT2D eigenvalue weighted by atomic mass is 16.6. The summed E-state index contributed by atoms with van der Waals surface area (Å²) in [6.07, 6.45) is 0. The summed E-state index contributed by atoms with van der Waals surface area (Å²) in [5.74, 6) is 1.26. The topological polar surface area (TPSA) is 54.0 Å². The van der Waals surface area contributed by atoms with Crippen molar-refractivity contribution in [3.05, 3.63) is 47.0 Å². The Kier molecular flexibility index (Phi) is 5.68. The van der Waals surface area contributed by atoms with E-state index in [2.05, 4.69) is 0 Å². The van der Waals surface area contributed by atoms with Gasteiger partial charge in [0.2, 0.25) is 5.75 Å². The van der Waals surface area contributed by atoms with Gasteiger partial charge < -0.3 is 18.9 Å². The summed E-state index contributed by atoms with van der Waals surface area (Å²) in [4.78, 5) is 12.2. The van der Waals surface area contributed by atoms with Gasteiger partial charge in [-0.2, -0.15) is 0 Å². The second-order valence-corrected chi connectivity index (χ2v) is 5.48. The van der Waals surface area contributed by atoms with Gasteiger partial charge in [-0.1, -0.05) is 23.8 Å². The molecule has 0 N–H and O–H groups in total. The molecule has 0 saturated heterocycles. The first kappa shape index (κ1) is 17.7. The Labute approximate surface area is 142 Å². The molecule has 0 unspecified atom stereocenters. The molecule has 0 bridgehead atoms. The number of hydrogen-bond donors (Lipinski definition) is 0. The van der Waals surface area contributed by atoms with Crippen LogP contribution in [0.1, 0.15) is 16.7 Å². The predicted octanol–water partition coefficient (Wildman–Crippen LogP) is 3.61. The zero-order valence-corrected chi connectivity index (χ0v) is 14.6. The predicted molar refractivity (Wildman–Crippen MR) is 91.3 cm³/mol. The van der Waals surface area contributed by atoms with E-state index in [0.29, 0.717) is 17.2 Å². The number of ether oxygens (including phenoxy) is 4. The Morgan fingerprint density at radius 1 is 0.917 bits per heavy atom. The van der Waals surface area contributed by atoms with Crippen LogP contribution in [-0.4, -0.2) is 26.8 Å². The number of methoxy groups -OCH3 is 2. The molecule has 0 aliphatic carbocycles. The maximum absolute atomic E-state index is 12.2. The van der Waals surface area contributed by atoms with Crippen molar-refractivity contribution in [1.82, 2.24) is 0 Å². The van der Waals surface area contributed by atoms with Crippen molar-refractivity contribution in [2.45, 2.75) is 20.8 Å². The lowest BCUT2D eigenvalue weighted by Gasteiger charge is -2.15. The molecular formula is C19H22O5. The van der Waals surface area contributed by atoms with Gasteiger partial charge in [0.15, 0.2) is 18.1 Å². The van der Waals surface area contributed by atoms with E-state index in [1.807, 2.05) is 32.9 Å². The molecule has 2 aromatic rings. The summed E-state index contributed by atoms with van der Waals surface area (Å²) in [5, 5.41) is 0.